The van der Waals surface area contributed by atoms with E-state index in [1.54, 1.807) is 0 Å². The van der Waals surface area contributed by atoms with Crippen LogP contribution in [0.4, 0.5) is 0 Å². The number of fused-ring (bicyclic) bond motifs is 4. The number of pyridine rings is 1. The SMILES string of the molecule is CC1(c2ccccc2)c2ccccc2-c2ccc(-c3ccc4ccccc4n3)cc21. The summed E-state index contributed by atoms with van der Waals surface area (Å²) >= 11 is 0. The molecule has 30 heavy (non-hydrogen) atoms. The van der Waals surface area contributed by atoms with E-state index in [0.29, 0.717) is 0 Å². The van der Waals surface area contributed by atoms with Gasteiger partial charge in [-0.05, 0) is 52.9 Å². The van der Waals surface area contributed by atoms with Crippen molar-refractivity contribution in [1.82, 2.24) is 4.98 Å². The molecule has 1 aromatic heterocycles. The van der Waals surface area contributed by atoms with Crippen LogP contribution in [0.3, 0.4) is 0 Å². The first kappa shape index (κ1) is 17.2. The predicted octanol–water partition coefficient (Wildman–Crippen LogP) is 7.24. The van der Waals surface area contributed by atoms with E-state index in [0.717, 1.165) is 16.8 Å². The van der Waals surface area contributed by atoms with Crippen LogP contribution in [0, 0.1) is 0 Å². The third kappa shape index (κ3) is 2.39. The molecule has 1 nitrogen and oxygen atoms in total. The van der Waals surface area contributed by atoms with Crippen molar-refractivity contribution >= 4 is 10.9 Å². The van der Waals surface area contributed by atoms with Crippen LogP contribution in [0.5, 0.6) is 0 Å². The van der Waals surface area contributed by atoms with Gasteiger partial charge < -0.3 is 0 Å². The zero-order valence-electron chi connectivity index (χ0n) is 16.8. The molecule has 0 saturated carbocycles. The highest BCUT2D eigenvalue weighted by Crippen LogP contribution is 2.52. The van der Waals surface area contributed by atoms with E-state index >= 15 is 0 Å². The number of hydrogen-bond donors (Lipinski definition) is 0. The molecule has 0 radical (unpaired) electrons. The third-order valence-corrected chi connectivity index (χ3v) is 6.56. The lowest BCUT2D eigenvalue weighted by Gasteiger charge is -2.28. The summed E-state index contributed by atoms with van der Waals surface area (Å²) in [6.45, 7) is 2.35. The Bertz CT molecular complexity index is 1400. The minimum atomic E-state index is -0.181. The zero-order chi connectivity index (χ0) is 20.1. The summed E-state index contributed by atoms with van der Waals surface area (Å²) in [4.78, 5) is 4.94. The van der Waals surface area contributed by atoms with Gasteiger partial charge in [0.15, 0.2) is 0 Å². The van der Waals surface area contributed by atoms with Crippen LogP contribution < -0.4 is 0 Å². The number of aromatic nitrogens is 1. The van der Waals surface area contributed by atoms with Crippen molar-refractivity contribution in [2.24, 2.45) is 0 Å². The van der Waals surface area contributed by atoms with Gasteiger partial charge in [-0.3, -0.25) is 0 Å². The number of benzene rings is 4. The van der Waals surface area contributed by atoms with Gasteiger partial charge in [-0.25, -0.2) is 4.98 Å². The minimum Gasteiger partial charge on any atom is -0.248 e. The summed E-state index contributed by atoms with van der Waals surface area (Å²) in [6, 6.07) is 39.1. The van der Waals surface area contributed by atoms with E-state index in [9.17, 15) is 0 Å². The Balaban J connectivity index is 1.59. The van der Waals surface area contributed by atoms with Crippen LogP contribution in [0.2, 0.25) is 0 Å². The summed E-state index contributed by atoms with van der Waals surface area (Å²) < 4.78 is 0. The van der Waals surface area contributed by atoms with Gasteiger partial charge >= 0.3 is 0 Å². The van der Waals surface area contributed by atoms with E-state index in [1.807, 2.05) is 6.07 Å². The number of para-hydroxylation sites is 1. The fraction of sp³-hybridized carbons (Fsp3) is 0.0690. The van der Waals surface area contributed by atoms with Gasteiger partial charge in [0.2, 0.25) is 0 Å². The highest BCUT2D eigenvalue weighted by molar-refractivity contribution is 5.86. The second kappa shape index (κ2) is 6.40. The molecule has 1 atom stereocenters. The fourth-order valence-electron chi connectivity index (χ4n) is 4.96. The summed E-state index contributed by atoms with van der Waals surface area (Å²) in [5.41, 5.74) is 9.72. The van der Waals surface area contributed by atoms with Crippen LogP contribution in [-0.2, 0) is 5.41 Å². The van der Waals surface area contributed by atoms with Crippen LogP contribution in [0.15, 0.2) is 109 Å². The molecule has 1 unspecified atom stereocenters. The van der Waals surface area contributed by atoms with Gasteiger partial charge in [-0.15, -0.1) is 0 Å². The van der Waals surface area contributed by atoms with E-state index in [4.69, 9.17) is 4.98 Å². The molecule has 0 fully saturated rings. The second-order valence-electron chi connectivity index (χ2n) is 8.19. The normalized spacial score (nSPS) is 17.0. The Morgan fingerprint density at radius 3 is 2.23 bits per heavy atom. The summed E-state index contributed by atoms with van der Waals surface area (Å²) in [6.07, 6.45) is 0. The number of nitrogens with zero attached hydrogens (tertiary/aromatic N) is 1. The van der Waals surface area contributed by atoms with E-state index in [2.05, 4.69) is 110 Å². The van der Waals surface area contributed by atoms with E-state index < -0.39 is 0 Å². The average Bonchev–Trinajstić information content (AvgIpc) is 3.08. The third-order valence-electron chi connectivity index (χ3n) is 6.56. The van der Waals surface area contributed by atoms with Gasteiger partial charge in [-0.2, -0.15) is 0 Å². The topological polar surface area (TPSA) is 12.9 Å². The van der Waals surface area contributed by atoms with Crippen molar-refractivity contribution in [2.45, 2.75) is 12.3 Å². The maximum absolute atomic E-state index is 4.94. The van der Waals surface area contributed by atoms with Crippen LogP contribution >= 0.6 is 0 Å². The second-order valence-corrected chi connectivity index (χ2v) is 8.19. The van der Waals surface area contributed by atoms with Crippen LogP contribution in [0.1, 0.15) is 23.6 Å². The van der Waals surface area contributed by atoms with Crippen LogP contribution in [-0.4, -0.2) is 4.98 Å². The quantitative estimate of drug-likeness (QED) is 0.313. The molecule has 1 aliphatic carbocycles. The van der Waals surface area contributed by atoms with E-state index in [1.165, 1.54) is 33.2 Å². The molecule has 1 aliphatic rings. The molecule has 6 rings (SSSR count). The van der Waals surface area contributed by atoms with Crippen molar-refractivity contribution in [3.63, 3.8) is 0 Å². The smallest absolute Gasteiger partial charge is 0.0709 e. The van der Waals surface area contributed by atoms with Crippen molar-refractivity contribution in [1.29, 1.82) is 0 Å². The van der Waals surface area contributed by atoms with Crippen molar-refractivity contribution < 1.29 is 0 Å². The standard InChI is InChI=1S/C29H21N/c1-29(22-10-3-2-4-11-22)25-13-7-6-12-23(25)24-17-15-21(19-26(24)29)28-18-16-20-9-5-8-14-27(20)30-28/h2-19H,1H3. The summed E-state index contributed by atoms with van der Waals surface area (Å²) in [5, 5.41) is 1.17. The molecule has 0 aliphatic heterocycles. The molecule has 4 aromatic carbocycles. The Morgan fingerprint density at radius 1 is 0.600 bits per heavy atom. The summed E-state index contributed by atoms with van der Waals surface area (Å²) in [5.74, 6) is 0. The molecule has 0 saturated heterocycles. The maximum Gasteiger partial charge on any atom is 0.0709 e. The van der Waals surface area contributed by atoms with Crippen molar-refractivity contribution in [3.8, 4) is 22.4 Å². The van der Waals surface area contributed by atoms with Crippen molar-refractivity contribution in [2.75, 3.05) is 0 Å². The Morgan fingerprint density at radius 2 is 1.33 bits per heavy atom. The van der Waals surface area contributed by atoms with E-state index in [-0.39, 0.29) is 5.41 Å². The Hall–Kier alpha value is -3.71. The van der Waals surface area contributed by atoms with Gasteiger partial charge in [0.1, 0.15) is 0 Å². The molecular weight excluding hydrogens is 362 g/mol. The van der Waals surface area contributed by atoms with Gasteiger partial charge in [-0.1, -0.05) is 91.0 Å². The lowest BCUT2D eigenvalue weighted by atomic mass is 9.74. The number of rotatable bonds is 2. The molecule has 142 valence electrons. The first-order valence-electron chi connectivity index (χ1n) is 10.4. The molecule has 0 amide bonds. The van der Waals surface area contributed by atoms with Gasteiger partial charge in [0.05, 0.1) is 11.2 Å². The molecule has 5 aromatic rings. The molecule has 0 bridgehead atoms. The van der Waals surface area contributed by atoms with Gasteiger partial charge in [0, 0.05) is 16.4 Å². The lowest BCUT2D eigenvalue weighted by molar-refractivity contribution is 0.714. The predicted molar refractivity (Wildman–Crippen MR) is 125 cm³/mol. The number of hydrogen-bond acceptors (Lipinski definition) is 1. The first-order valence-corrected chi connectivity index (χ1v) is 10.4. The molecule has 0 spiro atoms. The molecular formula is C29H21N. The Labute approximate surface area is 176 Å². The fourth-order valence-corrected chi connectivity index (χ4v) is 4.96. The molecule has 1 heteroatoms. The average molecular weight is 383 g/mol. The monoisotopic (exact) mass is 383 g/mol. The first-order chi connectivity index (χ1) is 14.7. The zero-order valence-corrected chi connectivity index (χ0v) is 16.8. The largest absolute Gasteiger partial charge is 0.248 e. The lowest BCUT2D eigenvalue weighted by Crippen LogP contribution is -2.22. The highest BCUT2D eigenvalue weighted by Gasteiger charge is 2.40. The van der Waals surface area contributed by atoms with Gasteiger partial charge in [0.25, 0.3) is 0 Å². The summed E-state index contributed by atoms with van der Waals surface area (Å²) in [7, 11) is 0. The molecule has 0 N–H and O–H groups in total. The molecule has 1 heterocycles. The minimum absolute atomic E-state index is 0.181. The maximum atomic E-state index is 4.94. The van der Waals surface area contributed by atoms with Crippen molar-refractivity contribution in [3.05, 3.63) is 126 Å². The highest BCUT2D eigenvalue weighted by atomic mass is 14.7. The van der Waals surface area contributed by atoms with Crippen LogP contribution in [0.25, 0.3) is 33.3 Å². The Kier molecular flexibility index (Phi) is 3.66.